The maximum Gasteiger partial charge on any atom is 0.219 e. The third kappa shape index (κ3) is 4.52. The number of nitrogens with one attached hydrogen (secondary N) is 2. The topological polar surface area (TPSA) is 62.8 Å². The number of halogens is 1. The van der Waals surface area contributed by atoms with Gasteiger partial charge in [-0.25, -0.2) is 14.4 Å². The molecule has 168 valence electrons. The number of aromatic amines is 1. The maximum absolute atomic E-state index is 13.6. The lowest BCUT2D eigenvalue weighted by atomic mass is 9.98. The second-order valence-electron chi connectivity index (χ2n) is 8.58. The van der Waals surface area contributed by atoms with Gasteiger partial charge in [0.1, 0.15) is 17.4 Å². The number of hydrogen-bond acceptors (Lipinski definition) is 4. The summed E-state index contributed by atoms with van der Waals surface area (Å²) >= 11 is 0. The molecule has 1 saturated heterocycles. The highest BCUT2D eigenvalue weighted by atomic mass is 19.1. The molecule has 0 radical (unpaired) electrons. The van der Waals surface area contributed by atoms with E-state index in [1.807, 2.05) is 44.2 Å². The number of H-pyrrole nitrogens is 1. The third-order valence-corrected chi connectivity index (χ3v) is 6.20. The summed E-state index contributed by atoms with van der Waals surface area (Å²) in [7, 11) is 0. The highest BCUT2D eigenvalue weighted by molar-refractivity contribution is 5.78. The Hall–Kier alpha value is -3.51. The van der Waals surface area contributed by atoms with E-state index in [1.54, 1.807) is 18.3 Å². The summed E-state index contributed by atoms with van der Waals surface area (Å²) in [4.78, 5) is 13.0. The van der Waals surface area contributed by atoms with E-state index < -0.39 is 0 Å². The smallest absolute Gasteiger partial charge is 0.219 e. The van der Waals surface area contributed by atoms with E-state index in [9.17, 15) is 4.39 Å². The van der Waals surface area contributed by atoms with Gasteiger partial charge in [-0.1, -0.05) is 18.2 Å². The van der Waals surface area contributed by atoms with Gasteiger partial charge in [0.15, 0.2) is 0 Å². The zero-order valence-electron chi connectivity index (χ0n) is 18.9. The molecule has 2 aromatic carbocycles. The maximum atomic E-state index is 13.6. The Kier molecular flexibility index (Phi) is 5.92. The number of imidazole rings is 1. The van der Waals surface area contributed by atoms with Crippen molar-refractivity contribution in [2.75, 3.05) is 13.1 Å². The molecule has 0 unspecified atom stereocenters. The van der Waals surface area contributed by atoms with E-state index >= 15 is 0 Å². The molecule has 1 aliphatic rings. The van der Waals surface area contributed by atoms with Crippen molar-refractivity contribution in [2.45, 2.75) is 32.6 Å². The molecule has 1 aliphatic heterocycles. The SMILES string of the molecule is Cc1cccc(C)c1Oc1cc(-c2nc(C3CCNCC3)[nH]c2-c2ccc(F)cc2)ccn1. The average Bonchev–Trinajstić information content (AvgIpc) is 3.28. The molecule has 6 heteroatoms. The van der Waals surface area contributed by atoms with Gasteiger partial charge in [-0.05, 0) is 81.2 Å². The van der Waals surface area contributed by atoms with Crippen molar-refractivity contribution >= 4 is 0 Å². The van der Waals surface area contributed by atoms with E-state index in [2.05, 4.69) is 15.3 Å². The fourth-order valence-corrected chi connectivity index (χ4v) is 4.39. The van der Waals surface area contributed by atoms with Crippen LogP contribution < -0.4 is 10.1 Å². The van der Waals surface area contributed by atoms with Crippen LogP contribution in [0.15, 0.2) is 60.8 Å². The number of aryl methyl sites for hydroxylation is 2. The molecule has 5 nitrogen and oxygen atoms in total. The Bertz CT molecular complexity index is 1240. The standard InChI is InChI=1S/C27H27FN4O/c1-17-4-3-5-18(2)26(17)33-23-16-21(12-15-30-23)25-24(19-6-8-22(28)9-7-19)31-27(32-25)20-10-13-29-14-11-20/h3-9,12,15-16,20,29H,10-11,13-14H2,1-2H3,(H,31,32). The normalized spacial score (nSPS) is 14.4. The molecule has 2 aromatic heterocycles. The van der Waals surface area contributed by atoms with Gasteiger partial charge in [-0.3, -0.25) is 0 Å². The number of piperidine rings is 1. The van der Waals surface area contributed by atoms with Crippen LogP contribution in [0.25, 0.3) is 22.5 Å². The predicted molar refractivity (Wildman–Crippen MR) is 128 cm³/mol. The summed E-state index contributed by atoms with van der Waals surface area (Å²) in [6.45, 7) is 6.01. The van der Waals surface area contributed by atoms with E-state index in [-0.39, 0.29) is 5.82 Å². The lowest BCUT2D eigenvalue weighted by Gasteiger charge is -2.20. The van der Waals surface area contributed by atoms with Gasteiger partial charge < -0.3 is 15.0 Å². The van der Waals surface area contributed by atoms with Gasteiger partial charge in [0.05, 0.1) is 11.4 Å². The summed E-state index contributed by atoms with van der Waals surface area (Å²) in [5, 5.41) is 3.41. The van der Waals surface area contributed by atoms with Gasteiger partial charge in [-0.2, -0.15) is 0 Å². The Balaban J connectivity index is 1.55. The molecule has 3 heterocycles. The van der Waals surface area contributed by atoms with Gasteiger partial charge >= 0.3 is 0 Å². The molecule has 0 amide bonds. The van der Waals surface area contributed by atoms with E-state index in [0.717, 1.165) is 71.1 Å². The van der Waals surface area contributed by atoms with E-state index in [0.29, 0.717) is 11.8 Å². The molecular formula is C27H27FN4O. The number of aromatic nitrogens is 3. The second kappa shape index (κ2) is 9.16. The highest BCUT2D eigenvalue weighted by Gasteiger charge is 2.22. The van der Waals surface area contributed by atoms with Crippen LogP contribution in [-0.2, 0) is 0 Å². The Morgan fingerprint density at radius 2 is 1.67 bits per heavy atom. The van der Waals surface area contributed by atoms with Crippen LogP contribution in [0.1, 0.15) is 35.7 Å². The predicted octanol–water partition coefficient (Wildman–Crippen LogP) is 6.15. The monoisotopic (exact) mass is 442 g/mol. The number of ether oxygens (including phenoxy) is 1. The van der Waals surface area contributed by atoms with Crippen LogP contribution in [0.2, 0.25) is 0 Å². The third-order valence-electron chi connectivity index (χ3n) is 6.20. The molecule has 0 atom stereocenters. The van der Waals surface area contributed by atoms with Crippen molar-refractivity contribution in [2.24, 2.45) is 0 Å². The summed E-state index contributed by atoms with van der Waals surface area (Å²) in [6, 6.07) is 16.5. The van der Waals surface area contributed by atoms with Crippen LogP contribution in [0.5, 0.6) is 11.6 Å². The summed E-state index contributed by atoms with van der Waals surface area (Å²) in [6.07, 6.45) is 3.81. The van der Waals surface area contributed by atoms with Gasteiger partial charge in [0, 0.05) is 29.3 Å². The van der Waals surface area contributed by atoms with E-state index in [4.69, 9.17) is 9.72 Å². The van der Waals surface area contributed by atoms with Crippen LogP contribution in [0, 0.1) is 19.7 Å². The molecule has 0 spiro atoms. The number of nitrogens with zero attached hydrogens (tertiary/aromatic N) is 2. The second-order valence-corrected chi connectivity index (χ2v) is 8.58. The van der Waals surface area contributed by atoms with Crippen LogP contribution in [0.3, 0.4) is 0 Å². The molecule has 0 saturated carbocycles. The first kappa shape index (κ1) is 21.3. The number of rotatable bonds is 5. The summed E-state index contributed by atoms with van der Waals surface area (Å²) < 4.78 is 19.8. The molecule has 1 fully saturated rings. The summed E-state index contributed by atoms with van der Waals surface area (Å²) in [5.74, 6) is 2.41. The number of pyridine rings is 1. The minimum absolute atomic E-state index is 0.258. The molecule has 2 N–H and O–H groups in total. The Morgan fingerprint density at radius 1 is 0.939 bits per heavy atom. The summed E-state index contributed by atoms with van der Waals surface area (Å²) in [5.41, 5.74) is 5.62. The number of hydrogen-bond donors (Lipinski definition) is 2. The molecule has 0 bridgehead atoms. The van der Waals surface area contributed by atoms with Crippen molar-refractivity contribution in [3.05, 3.63) is 83.6 Å². The van der Waals surface area contributed by atoms with Gasteiger partial charge in [0.2, 0.25) is 5.88 Å². The fraction of sp³-hybridized carbons (Fsp3) is 0.259. The lowest BCUT2D eigenvalue weighted by molar-refractivity contribution is 0.447. The quantitative estimate of drug-likeness (QED) is 0.389. The van der Waals surface area contributed by atoms with Crippen LogP contribution >= 0.6 is 0 Å². The van der Waals surface area contributed by atoms with Crippen molar-refractivity contribution < 1.29 is 9.13 Å². The van der Waals surface area contributed by atoms with Crippen molar-refractivity contribution in [3.8, 4) is 34.1 Å². The van der Waals surface area contributed by atoms with Crippen LogP contribution in [-0.4, -0.2) is 28.0 Å². The van der Waals surface area contributed by atoms with E-state index in [1.165, 1.54) is 12.1 Å². The van der Waals surface area contributed by atoms with Crippen molar-refractivity contribution in [1.29, 1.82) is 0 Å². The minimum Gasteiger partial charge on any atom is -0.438 e. The zero-order chi connectivity index (χ0) is 22.8. The first-order valence-electron chi connectivity index (χ1n) is 11.4. The number of para-hydroxylation sites is 1. The van der Waals surface area contributed by atoms with Gasteiger partial charge in [-0.15, -0.1) is 0 Å². The zero-order valence-corrected chi connectivity index (χ0v) is 18.9. The highest BCUT2D eigenvalue weighted by Crippen LogP contribution is 2.36. The Labute approximate surface area is 193 Å². The minimum atomic E-state index is -0.258. The molecule has 5 rings (SSSR count). The average molecular weight is 443 g/mol. The lowest BCUT2D eigenvalue weighted by Crippen LogP contribution is -2.27. The first-order valence-corrected chi connectivity index (χ1v) is 11.4. The Morgan fingerprint density at radius 3 is 2.39 bits per heavy atom. The molecule has 0 aliphatic carbocycles. The molecule has 4 aromatic rings. The van der Waals surface area contributed by atoms with Crippen LogP contribution in [0.4, 0.5) is 4.39 Å². The fourth-order valence-electron chi connectivity index (χ4n) is 4.39. The molecule has 33 heavy (non-hydrogen) atoms. The first-order chi connectivity index (χ1) is 16.1. The van der Waals surface area contributed by atoms with Crippen molar-refractivity contribution in [1.82, 2.24) is 20.3 Å². The molecular weight excluding hydrogens is 415 g/mol. The van der Waals surface area contributed by atoms with Crippen molar-refractivity contribution in [3.63, 3.8) is 0 Å². The number of benzene rings is 2. The largest absolute Gasteiger partial charge is 0.438 e. The van der Waals surface area contributed by atoms with Gasteiger partial charge in [0.25, 0.3) is 0 Å².